The average molecular weight is 392 g/mol. The number of hydrogen-bond acceptors (Lipinski definition) is 5. The summed E-state index contributed by atoms with van der Waals surface area (Å²) in [7, 11) is 0. The highest BCUT2D eigenvalue weighted by molar-refractivity contribution is 7.99. The van der Waals surface area contributed by atoms with E-state index in [2.05, 4.69) is 20.8 Å². The number of amides is 1. The fraction of sp³-hybridized carbons (Fsp3) is 0.176. The summed E-state index contributed by atoms with van der Waals surface area (Å²) in [5, 5.41) is 14.9. The number of nitrogens with one attached hydrogen (secondary N) is 1. The second-order valence-corrected chi connectivity index (χ2v) is 6.93. The Morgan fingerprint density at radius 2 is 2.00 bits per heavy atom. The number of aryl methyl sites for hydroxylation is 2. The molecule has 0 aliphatic heterocycles. The van der Waals surface area contributed by atoms with Crippen molar-refractivity contribution in [1.29, 1.82) is 0 Å². The van der Waals surface area contributed by atoms with E-state index >= 15 is 0 Å². The molecule has 0 atom stereocenters. The highest BCUT2D eigenvalue weighted by Gasteiger charge is 2.15. The second kappa shape index (κ2) is 7.84. The number of anilines is 1. The third kappa shape index (κ3) is 4.03. The normalized spacial score (nSPS) is 10.8. The van der Waals surface area contributed by atoms with E-state index in [0.29, 0.717) is 10.8 Å². The van der Waals surface area contributed by atoms with Gasteiger partial charge in [-0.3, -0.25) is 4.79 Å². The number of halogens is 2. The van der Waals surface area contributed by atoms with Crippen molar-refractivity contribution in [2.75, 3.05) is 11.1 Å². The summed E-state index contributed by atoms with van der Waals surface area (Å²) in [6.45, 7) is 3.95. The van der Waals surface area contributed by atoms with Crippen LogP contribution >= 0.6 is 23.4 Å². The maximum Gasteiger partial charge on any atom is 0.234 e. The molecule has 0 saturated carbocycles. The van der Waals surface area contributed by atoms with Crippen LogP contribution in [0.2, 0.25) is 5.02 Å². The third-order valence-corrected chi connectivity index (χ3v) is 4.84. The molecule has 0 aliphatic carbocycles. The lowest BCUT2D eigenvalue weighted by Gasteiger charge is -2.10. The zero-order valence-corrected chi connectivity index (χ0v) is 15.6. The highest BCUT2D eigenvalue weighted by atomic mass is 35.5. The van der Waals surface area contributed by atoms with E-state index in [1.807, 2.05) is 32.0 Å². The van der Waals surface area contributed by atoms with Gasteiger partial charge in [0, 0.05) is 5.69 Å². The number of nitrogens with zero attached hydrogens (tertiary/aromatic N) is 4. The number of rotatable bonds is 5. The lowest BCUT2D eigenvalue weighted by Crippen LogP contribution is -2.15. The molecule has 9 heteroatoms. The minimum absolute atomic E-state index is 0.0468. The molecule has 3 rings (SSSR count). The Labute approximate surface area is 158 Å². The zero-order chi connectivity index (χ0) is 18.7. The number of aromatic nitrogens is 4. The van der Waals surface area contributed by atoms with Crippen LogP contribution in [0.5, 0.6) is 0 Å². The molecule has 1 aromatic heterocycles. The van der Waals surface area contributed by atoms with Gasteiger partial charge in [-0.2, -0.15) is 4.68 Å². The average Bonchev–Trinajstić information content (AvgIpc) is 3.04. The first-order valence-electron chi connectivity index (χ1n) is 7.68. The molecular formula is C17H15ClFN5OS. The number of hydrogen-bond donors (Lipinski definition) is 1. The van der Waals surface area contributed by atoms with Crippen LogP contribution in [0.25, 0.3) is 5.69 Å². The van der Waals surface area contributed by atoms with E-state index in [1.54, 1.807) is 4.68 Å². The molecule has 134 valence electrons. The summed E-state index contributed by atoms with van der Waals surface area (Å²) in [6, 6.07) is 9.93. The molecule has 0 saturated heterocycles. The largest absolute Gasteiger partial charge is 0.325 e. The fourth-order valence-corrected chi connectivity index (χ4v) is 3.31. The molecule has 3 aromatic rings. The van der Waals surface area contributed by atoms with Crippen molar-refractivity contribution in [3.05, 3.63) is 58.4 Å². The summed E-state index contributed by atoms with van der Waals surface area (Å²) in [6.07, 6.45) is 0. The molecule has 0 radical (unpaired) electrons. The molecule has 0 fully saturated rings. The van der Waals surface area contributed by atoms with Gasteiger partial charge in [-0.25, -0.2) is 4.39 Å². The lowest BCUT2D eigenvalue weighted by atomic mass is 10.1. The highest BCUT2D eigenvalue weighted by Crippen LogP contribution is 2.24. The first-order chi connectivity index (χ1) is 12.5. The van der Waals surface area contributed by atoms with Crippen molar-refractivity contribution in [3.63, 3.8) is 0 Å². The van der Waals surface area contributed by atoms with Gasteiger partial charge < -0.3 is 5.32 Å². The quantitative estimate of drug-likeness (QED) is 0.669. The van der Waals surface area contributed by atoms with Crippen molar-refractivity contribution < 1.29 is 9.18 Å². The smallest absolute Gasteiger partial charge is 0.234 e. The zero-order valence-electron chi connectivity index (χ0n) is 14.0. The molecular weight excluding hydrogens is 377 g/mol. The molecule has 0 spiro atoms. The molecule has 2 aromatic carbocycles. The number of carbonyl (C=O) groups excluding carboxylic acids is 1. The summed E-state index contributed by atoms with van der Waals surface area (Å²) < 4.78 is 14.8. The fourth-order valence-electron chi connectivity index (χ4n) is 2.45. The van der Waals surface area contributed by atoms with E-state index in [1.165, 1.54) is 30.0 Å². The van der Waals surface area contributed by atoms with Gasteiger partial charge in [0.15, 0.2) is 0 Å². The van der Waals surface area contributed by atoms with Gasteiger partial charge in [0.1, 0.15) is 5.82 Å². The number of benzene rings is 2. The molecule has 1 heterocycles. The van der Waals surface area contributed by atoms with Gasteiger partial charge in [0.05, 0.1) is 16.5 Å². The van der Waals surface area contributed by atoms with Crippen LogP contribution in [0.1, 0.15) is 11.1 Å². The molecule has 0 unspecified atom stereocenters. The Kier molecular flexibility index (Phi) is 5.53. The number of tetrazole rings is 1. The van der Waals surface area contributed by atoms with Crippen LogP contribution in [0.4, 0.5) is 10.1 Å². The van der Waals surface area contributed by atoms with Crippen LogP contribution in [0.15, 0.2) is 41.6 Å². The monoisotopic (exact) mass is 391 g/mol. The van der Waals surface area contributed by atoms with Crippen LogP contribution < -0.4 is 5.32 Å². The second-order valence-electron chi connectivity index (χ2n) is 5.58. The van der Waals surface area contributed by atoms with Gasteiger partial charge in [0.25, 0.3) is 0 Å². The SMILES string of the molecule is Cc1cccc(C)c1-n1nnnc1SCC(=O)Nc1ccc(F)c(Cl)c1. The Morgan fingerprint density at radius 3 is 2.69 bits per heavy atom. The molecule has 1 N–H and O–H groups in total. The summed E-state index contributed by atoms with van der Waals surface area (Å²) >= 11 is 6.92. The molecule has 0 bridgehead atoms. The van der Waals surface area contributed by atoms with Crippen LogP contribution in [-0.4, -0.2) is 31.9 Å². The molecule has 26 heavy (non-hydrogen) atoms. The van der Waals surface area contributed by atoms with Crippen molar-refractivity contribution in [2.45, 2.75) is 19.0 Å². The van der Waals surface area contributed by atoms with Crippen LogP contribution in [0, 0.1) is 19.7 Å². The van der Waals surface area contributed by atoms with Gasteiger partial charge in [-0.15, -0.1) is 5.10 Å². The van der Waals surface area contributed by atoms with E-state index in [0.717, 1.165) is 16.8 Å². The summed E-state index contributed by atoms with van der Waals surface area (Å²) in [5.41, 5.74) is 3.39. The van der Waals surface area contributed by atoms with Gasteiger partial charge in [-0.05, 0) is 53.6 Å². The predicted molar refractivity (Wildman–Crippen MR) is 99.4 cm³/mol. The maximum atomic E-state index is 13.2. The van der Waals surface area contributed by atoms with Gasteiger partial charge in [-0.1, -0.05) is 41.6 Å². The van der Waals surface area contributed by atoms with Crippen molar-refractivity contribution >= 4 is 35.0 Å². The van der Waals surface area contributed by atoms with Crippen LogP contribution in [-0.2, 0) is 4.79 Å². The number of thioether (sulfide) groups is 1. The minimum Gasteiger partial charge on any atom is -0.325 e. The number of para-hydroxylation sites is 1. The Balaban J connectivity index is 1.70. The van der Waals surface area contributed by atoms with Gasteiger partial charge in [0.2, 0.25) is 11.1 Å². The van der Waals surface area contributed by atoms with Crippen molar-refractivity contribution in [1.82, 2.24) is 20.2 Å². The maximum absolute atomic E-state index is 13.2. The topological polar surface area (TPSA) is 72.7 Å². The predicted octanol–water partition coefficient (Wildman–Crippen LogP) is 3.80. The third-order valence-electron chi connectivity index (χ3n) is 3.63. The standard InChI is InChI=1S/C17H15ClFN5OS/c1-10-4-3-5-11(2)16(10)24-17(21-22-23-24)26-9-15(25)20-12-6-7-14(19)13(18)8-12/h3-8H,9H2,1-2H3,(H,20,25). The molecule has 6 nitrogen and oxygen atoms in total. The minimum atomic E-state index is -0.535. The molecule has 0 aliphatic rings. The van der Waals surface area contributed by atoms with Crippen molar-refractivity contribution in [2.24, 2.45) is 0 Å². The van der Waals surface area contributed by atoms with E-state index in [4.69, 9.17) is 11.6 Å². The Bertz CT molecular complexity index is 942. The Hall–Kier alpha value is -2.45. The van der Waals surface area contributed by atoms with Gasteiger partial charge >= 0.3 is 0 Å². The first-order valence-corrected chi connectivity index (χ1v) is 9.04. The lowest BCUT2D eigenvalue weighted by molar-refractivity contribution is -0.113. The van der Waals surface area contributed by atoms with Crippen LogP contribution in [0.3, 0.4) is 0 Å². The van der Waals surface area contributed by atoms with E-state index < -0.39 is 5.82 Å². The summed E-state index contributed by atoms with van der Waals surface area (Å²) in [5.74, 6) is -0.708. The van der Waals surface area contributed by atoms with E-state index in [9.17, 15) is 9.18 Å². The number of carbonyl (C=O) groups is 1. The first kappa shape index (κ1) is 18.3. The Morgan fingerprint density at radius 1 is 1.27 bits per heavy atom. The van der Waals surface area contributed by atoms with E-state index in [-0.39, 0.29) is 16.7 Å². The molecule has 1 amide bonds. The van der Waals surface area contributed by atoms with Crippen molar-refractivity contribution in [3.8, 4) is 5.69 Å². The summed E-state index contributed by atoms with van der Waals surface area (Å²) in [4.78, 5) is 12.1.